The van der Waals surface area contributed by atoms with Crippen molar-refractivity contribution in [2.75, 3.05) is 26.2 Å². The highest BCUT2D eigenvalue weighted by Crippen LogP contribution is 2.20. The van der Waals surface area contributed by atoms with E-state index in [4.69, 9.17) is 0 Å². The van der Waals surface area contributed by atoms with Crippen molar-refractivity contribution in [1.29, 1.82) is 0 Å². The summed E-state index contributed by atoms with van der Waals surface area (Å²) < 4.78 is 42.8. The van der Waals surface area contributed by atoms with Gasteiger partial charge in [0.25, 0.3) is 5.56 Å². The monoisotopic (exact) mass is 396 g/mol. The van der Waals surface area contributed by atoms with Gasteiger partial charge < -0.3 is 0 Å². The van der Waals surface area contributed by atoms with Crippen molar-refractivity contribution in [2.45, 2.75) is 11.4 Å². The molecule has 1 aromatic carbocycles. The summed E-state index contributed by atoms with van der Waals surface area (Å²) >= 11 is 0. The van der Waals surface area contributed by atoms with Crippen molar-refractivity contribution in [3.05, 3.63) is 62.7 Å². The minimum absolute atomic E-state index is 0.204. The minimum atomic E-state index is -3.89. The van der Waals surface area contributed by atoms with Gasteiger partial charge in [-0.15, -0.1) is 0 Å². The highest BCUT2D eigenvalue weighted by molar-refractivity contribution is 7.89. The van der Waals surface area contributed by atoms with Gasteiger partial charge in [0.05, 0.1) is 0 Å². The molecule has 1 aliphatic heterocycles. The van der Waals surface area contributed by atoms with Crippen LogP contribution in [0.25, 0.3) is 0 Å². The Balaban J connectivity index is 1.72. The first kappa shape index (κ1) is 19.5. The fourth-order valence-corrected chi connectivity index (χ4v) is 4.57. The number of piperazine rings is 1. The summed E-state index contributed by atoms with van der Waals surface area (Å²) in [6.45, 7) is 1.59. The fourth-order valence-electron chi connectivity index (χ4n) is 3.08. The van der Waals surface area contributed by atoms with Crippen molar-refractivity contribution in [1.82, 2.24) is 18.3 Å². The third-order valence-electron chi connectivity index (χ3n) is 4.80. The molecule has 146 valence electrons. The number of hydrogen-bond donors (Lipinski definition) is 0. The third-order valence-corrected chi connectivity index (χ3v) is 6.73. The van der Waals surface area contributed by atoms with Crippen molar-refractivity contribution in [2.24, 2.45) is 14.1 Å². The second-order valence-corrected chi connectivity index (χ2v) is 8.39. The Bertz CT molecular complexity index is 1070. The summed E-state index contributed by atoms with van der Waals surface area (Å²) in [5.74, 6) is -0.768. The van der Waals surface area contributed by atoms with Crippen LogP contribution >= 0.6 is 0 Å². The molecule has 2 heterocycles. The molecular weight excluding hydrogens is 375 g/mol. The molecule has 0 saturated carbocycles. The maximum atomic E-state index is 13.9. The Morgan fingerprint density at radius 1 is 1.00 bits per heavy atom. The molecule has 3 rings (SSSR count). The first-order chi connectivity index (χ1) is 12.7. The second kappa shape index (κ2) is 7.37. The zero-order chi connectivity index (χ0) is 19.8. The van der Waals surface area contributed by atoms with E-state index in [0.29, 0.717) is 25.3 Å². The molecule has 0 unspecified atom stereocenters. The van der Waals surface area contributed by atoms with Crippen LogP contribution in [0.5, 0.6) is 0 Å². The molecule has 0 N–H and O–H groups in total. The highest BCUT2D eigenvalue weighted by Gasteiger charge is 2.30. The van der Waals surface area contributed by atoms with Crippen molar-refractivity contribution in [3.8, 4) is 0 Å². The first-order valence-electron chi connectivity index (χ1n) is 8.45. The molecule has 2 aromatic rings. The van der Waals surface area contributed by atoms with Crippen molar-refractivity contribution < 1.29 is 12.8 Å². The SMILES string of the molecule is Cn1c(CN2CCN(S(=O)(=O)c3ccccc3F)CC2)cc(=O)n(C)c1=O. The van der Waals surface area contributed by atoms with Crippen LogP contribution in [0, 0.1) is 5.82 Å². The third kappa shape index (κ3) is 3.73. The molecule has 1 fully saturated rings. The quantitative estimate of drug-likeness (QED) is 0.710. The lowest BCUT2D eigenvalue weighted by atomic mass is 10.3. The first-order valence-corrected chi connectivity index (χ1v) is 9.89. The predicted octanol–water partition coefficient (Wildman–Crippen LogP) is -0.270. The van der Waals surface area contributed by atoms with Crippen LogP contribution in [-0.4, -0.2) is 52.9 Å². The second-order valence-electron chi connectivity index (χ2n) is 6.49. The lowest BCUT2D eigenvalue weighted by Gasteiger charge is -2.34. The number of sulfonamides is 1. The van der Waals surface area contributed by atoms with E-state index in [2.05, 4.69) is 0 Å². The molecule has 1 saturated heterocycles. The molecule has 1 aliphatic rings. The fraction of sp³-hybridized carbons (Fsp3) is 0.412. The van der Waals surface area contributed by atoms with Gasteiger partial charge >= 0.3 is 5.69 Å². The van der Waals surface area contributed by atoms with Crippen LogP contribution in [0.15, 0.2) is 44.8 Å². The normalized spacial score (nSPS) is 16.6. The number of rotatable bonds is 4. The van der Waals surface area contributed by atoms with Gasteiger partial charge in [0.15, 0.2) is 0 Å². The summed E-state index contributed by atoms with van der Waals surface area (Å²) in [7, 11) is -0.882. The Kier molecular flexibility index (Phi) is 5.31. The summed E-state index contributed by atoms with van der Waals surface area (Å²) in [4.78, 5) is 25.5. The van der Waals surface area contributed by atoms with Crippen LogP contribution < -0.4 is 11.2 Å². The van der Waals surface area contributed by atoms with E-state index in [-0.39, 0.29) is 23.5 Å². The molecule has 0 spiro atoms. The average molecular weight is 396 g/mol. The summed E-state index contributed by atoms with van der Waals surface area (Å²) in [5.41, 5.74) is -0.222. The van der Waals surface area contributed by atoms with Gasteiger partial charge in [0, 0.05) is 58.6 Å². The Morgan fingerprint density at radius 2 is 1.63 bits per heavy atom. The highest BCUT2D eigenvalue weighted by atomic mass is 32.2. The summed E-state index contributed by atoms with van der Waals surface area (Å²) in [6.07, 6.45) is 0. The number of hydrogen-bond acceptors (Lipinski definition) is 5. The lowest BCUT2D eigenvalue weighted by Crippen LogP contribution is -2.49. The van der Waals surface area contributed by atoms with Crippen molar-refractivity contribution in [3.63, 3.8) is 0 Å². The van der Waals surface area contributed by atoms with E-state index in [1.165, 1.54) is 40.2 Å². The predicted molar refractivity (Wildman–Crippen MR) is 97.4 cm³/mol. The van der Waals surface area contributed by atoms with E-state index in [9.17, 15) is 22.4 Å². The maximum absolute atomic E-state index is 13.9. The van der Waals surface area contributed by atoms with Gasteiger partial charge in [-0.2, -0.15) is 4.31 Å². The smallest absolute Gasteiger partial charge is 0.299 e. The van der Waals surface area contributed by atoms with Gasteiger partial charge in [-0.25, -0.2) is 17.6 Å². The van der Waals surface area contributed by atoms with Crippen LogP contribution in [0.3, 0.4) is 0 Å². The van der Waals surface area contributed by atoms with Gasteiger partial charge in [0.2, 0.25) is 10.0 Å². The number of benzene rings is 1. The summed E-state index contributed by atoms with van der Waals surface area (Å²) in [5, 5.41) is 0. The Labute approximate surface area is 156 Å². The van der Waals surface area contributed by atoms with Gasteiger partial charge in [-0.1, -0.05) is 12.1 Å². The molecule has 0 amide bonds. The molecule has 0 bridgehead atoms. The van der Waals surface area contributed by atoms with E-state index in [1.807, 2.05) is 4.90 Å². The molecule has 1 aromatic heterocycles. The van der Waals surface area contributed by atoms with Gasteiger partial charge in [-0.3, -0.25) is 18.8 Å². The standard InChI is InChI=1S/C17H21FN4O4S/c1-19-13(11-16(23)20(2)17(19)24)12-21-7-9-22(10-8-21)27(25,26)15-6-4-3-5-14(15)18/h3-6,11H,7-10,12H2,1-2H3. The topological polar surface area (TPSA) is 84.6 Å². The van der Waals surface area contributed by atoms with Crippen LogP contribution in [0.4, 0.5) is 4.39 Å². The maximum Gasteiger partial charge on any atom is 0.330 e. The van der Waals surface area contributed by atoms with Crippen LogP contribution in [0.1, 0.15) is 5.69 Å². The Morgan fingerprint density at radius 3 is 2.26 bits per heavy atom. The number of halogens is 1. The van der Waals surface area contributed by atoms with E-state index in [1.54, 1.807) is 7.05 Å². The molecule has 8 nitrogen and oxygen atoms in total. The lowest BCUT2D eigenvalue weighted by molar-refractivity contribution is 0.177. The van der Waals surface area contributed by atoms with E-state index < -0.39 is 21.5 Å². The molecule has 0 aliphatic carbocycles. The number of aromatic nitrogens is 2. The molecule has 0 radical (unpaired) electrons. The van der Waals surface area contributed by atoms with E-state index in [0.717, 1.165) is 10.6 Å². The molecule has 27 heavy (non-hydrogen) atoms. The van der Waals surface area contributed by atoms with Crippen molar-refractivity contribution >= 4 is 10.0 Å². The number of nitrogens with zero attached hydrogens (tertiary/aromatic N) is 4. The minimum Gasteiger partial charge on any atom is -0.299 e. The summed E-state index contributed by atoms with van der Waals surface area (Å²) in [6, 6.07) is 6.72. The van der Waals surface area contributed by atoms with Gasteiger partial charge in [-0.05, 0) is 12.1 Å². The zero-order valence-electron chi connectivity index (χ0n) is 15.1. The molecular formula is C17H21FN4O4S. The average Bonchev–Trinajstić information content (AvgIpc) is 2.65. The Hall–Kier alpha value is -2.30. The van der Waals surface area contributed by atoms with E-state index >= 15 is 0 Å². The molecule has 10 heteroatoms. The van der Waals surface area contributed by atoms with Gasteiger partial charge in [0.1, 0.15) is 10.7 Å². The largest absolute Gasteiger partial charge is 0.330 e. The molecule has 0 atom stereocenters. The van der Waals surface area contributed by atoms with Crippen LogP contribution in [-0.2, 0) is 30.7 Å². The van der Waals surface area contributed by atoms with Crippen LogP contribution in [0.2, 0.25) is 0 Å². The zero-order valence-corrected chi connectivity index (χ0v) is 15.9.